The number of aryl methyl sites for hydroxylation is 1. The van der Waals surface area contributed by atoms with Crippen LogP contribution < -0.4 is 11.1 Å². The van der Waals surface area contributed by atoms with Gasteiger partial charge in [-0.1, -0.05) is 39.8 Å². The molecule has 0 unspecified atom stereocenters. The van der Waals surface area contributed by atoms with Gasteiger partial charge in [0.1, 0.15) is 0 Å². The van der Waals surface area contributed by atoms with E-state index in [1.807, 2.05) is 18.2 Å². The number of imide groups is 1. The summed E-state index contributed by atoms with van der Waals surface area (Å²) in [6.45, 7) is 11.4. The number of fused-ring (bicyclic) bond motifs is 1. The summed E-state index contributed by atoms with van der Waals surface area (Å²) in [5.41, 5.74) is 14.3. The van der Waals surface area contributed by atoms with Gasteiger partial charge in [0.05, 0.1) is 4.91 Å². The minimum atomic E-state index is -0.350. The largest absolute Gasteiger partial charge is 0.398 e. The maximum atomic E-state index is 11.9. The van der Waals surface area contributed by atoms with Crippen LogP contribution in [-0.4, -0.2) is 11.1 Å². The number of nitrogens with two attached hydrogens (primary N) is 1. The first-order valence-corrected chi connectivity index (χ1v) is 11.1. The molecule has 1 fully saturated rings. The van der Waals surface area contributed by atoms with Crippen molar-refractivity contribution in [3.8, 4) is 11.1 Å². The summed E-state index contributed by atoms with van der Waals surface area (Å²) >= 11 is 0.926. The molecule has 0 saturated carbocycles. The van der Waals surface area contributed by atoms with Crippen molar-refractivity contribution in [1.29, 1.82) is 0 Å². The van der Waals surface area contributed by atoms with Gasteiger partial charge in [-0.25, -0.2) is 0 Å². The SMILES string of the molecule is Cc1cc2c(cc1-c1cc(/C=C3/SC(=O)NC3=O)ccc1N)C(C)(C)CCC2(C)C. The van der Waals surface area contributed by atoms with Crippen molar-refractivity contribution in [2.24, 2.45) is 0 Å². The van der Waals surface area contributed by atoms with Gasteiger partial charge in [-0.3, -0.25) is 14.9 Å². The lowest BCUT2D eigenvalue weighted by atomic mass is 9.62. The van der Waals surface area contributed by atoms with Crippen LogP contribution in [0, 0.1) is 6.92 Å². The van der Waals surface area contributed by atoms with Crippen molar-refractivity contribution in [3.63, 3.8) is 0 Å². The normalized spacial score (nSPS) is 20.9. The van der Waals surface area contributed by atoms with E-state index in [1.165, 1.54) is 23.1 Å². The fourth-order valence-electron chi connectivity index (χ4n) is 4.48. The zero-order chi connectivity index (χ0) is 21.8. The van der Waals surface area contributed by atoms with Crippen molar-refractivity contribution in [2.75, 3.05) is 5.73 Å². The van der Waals surface area contributed by atoms with E-state index in [0.29, 0.717) is 10.6 Å². The fraction of sp³-hybridized carbons (Fsp3) is 0.360. The second-order valence-corrected chi connectivity index (χ2v) is 10.7. The molecule has 1 aliphatic heterocycles. The number of rotatable bonds is 2. The van der Waals surface area contributed by atoms with Gasteiger partial charge >= 0.3 is 0 Å². The molecule has 4 rings (SSSR count). The molecular weight excluding hydrogens is 392 g/mol. The number of thioether (sulfide) groups is 1. The second-order valence-electron chi connectivity index (χ2n) is 9.68. The lowest BCUT2D eigenvalue weighted by Gasteiger charge is -2.42. The van der Waals surface area contributed by atoms with Gasteiger partial charge in [0.2, 0.25) is 0 Å². The number of anilines is 1. The topological polar surface area (TPSA) is 72.2 Å². The summed E-state index contributed by atoms with van der Waals surface area (Å²) in [6, 6.07) is 10.4. The average Bonchev–Trinajstić information content (AvgIpc) is 2.97. The molecule has 0 radical (unpaired) electrons. The van der Waals surface area contributed by atoms with Crippen molar-refractivity contribution in [3.05, 3.63) is 57.5 Å². The number of nitrogens with one attached hydrogen (secondary N) is 1. The highest BCUT2D eigenvalue weighted by Crippen LogP contribution is 2.48. The Balaban J connectivity index is 1.84. The van der Waals surface area contributed by atoms with E-state index in [1.54, 1.807) is 6.08 Å². The maximum Gasteiger partial charge on any atom is 0.290 e. The van der Waals surface area contributed by atoms with Crippen LogP contribution in [0.3, 0.4) is 0 Å². The standard InChI is InChI=1S/C25H28N2O2S/c1-14-10-18-19(25(4,5)9-8-24(18,2)3)13-16(14)17-11-15(6-7-20(17)26)12-21-22(28)27-23(29)30-21/h6-7,10-13H,8-9,26H2,1-5H3,(H,27,28,29)/b21-12+. The van der Waals surface area contributed by atoms with Crippen LogP contribution in [-0.2, 0) is 15.6 Å². The molecular formula is C25H28N2O2S. The molecule has 2 amide bonds. The quantitative estimate of drug-likeness (QED) is 0.467. The number of amides is 2. The Morgan fingerprint density at radius 1 is 0.967 bits per heavy atom. The molecule has 30 heavy (non-hydrogen) atoms. The van der Waals surface area contributed by atoms with Crippen molar-refractivity contribution in [1.82, 2.24) is 5.32 Å². The van der Waals surface area contributed by atoms with Crippen LogP contribution >= 0.6 is 11.8 Å². The zero-order valence-electron chi connectivity index (χ0n) is 18.2. The highest BCUT2D eigenvalue weighted by Gasteiger charge is 2.37. The number of benzene rings is 2. The smallest absolute Gasteiger partial charge is 0.290 e. The molecule has 5 heteroatoms. The van der Waals surface area contributed by atoms with Gasteiger partial charge in [-0.15, -0.1) is 0 Å². The van der Waals surface area contributed by atoms with Gasteiger partial charge < -0.3 is 5.73 Å². The van der Waals surface area contributed by atoms with E-state index in [4.69, 9.17) is 5.73 Å². The first-order chi connectivity index (χ1) is 14.0. The first-order valence-electron chi connectivity index (χ1n) is 10.3. The molecule has 0 atom stereocenters. The lowest BCUT2D eigenvalue weighted by Crippen LogP contribution is -2.34. The van der Waals surface area contributed by atoms with Crippen LogP contribution in [0.4, 0.5) is 10.5 Å². The second kappa shape index (κ2) is 7.02. The predicted octanol–water partition coefficient (Wildman–Crippen LogP) is 5.92. The molecule has 3 N–H and O–H groups in total. The Labute approximate surface area is 182 Å². The molecule has 1 saturated heterocycles. The Bertz CT molecular complexity index is 1110. The van der Waals surface area contributed by atoms with E-state index in [9.17, 15) is 9.59 Å². The molecule has 156 valence electrons. The number of carbonyl (C=O) groups is 2. The fourth-order valence-corrected chi connectivity index (χ4v) is 5.16. The van der Waals surface area contributed by atoms with Crippen molar-refractivity contribution in [2.45, 2.75) is 58.3 Å². The highest BCUT2D eigenvalue weighted by atomic mass is 32.2. The maximum absolute atomic E-state index is 11.9. The summed E-state index contributed by atoms with van der Waals surface area (Å²) in [6.07, 6.45) is 4.07. The molecule has 4 nitrogen and oxygen atoms in total. The van der Waals surface area contributed by atoms with Gasteiger partial charge in [-0.05, 0) is 94.4 Å². The van der Waals surface area contributed by atoms with Crippen LogP contribution in [0.5, 0.6) is 0 Å². The zero-order valence-corrected chi connectivity index (χ0v) is 19.0. The molecule has 0 aromatic heterocycles. The van der Waals surface area contributed by atoms with Crippen LogP contribution in [0.25, 0.3) is 17.2 Å². The summed E-state index contributed by atoms with van der Waals surface area (Å²) in [7, 11) is 0. The number of hydrogen-bond acceptors (Lipinski definition) is 4. The van der Waals surface area contributed by atoms with Gasteiger partial charge in [-0.2, -0.15) is 0 Å². The Kier molecular flexibility index (Phi) is 4.85. The molecule has 2 aromatic carbocycles. The number of carbonyl (C=O) groups excluding carboxylic acids is 2. The third-order valence-corrected chi connectivity index (χ3v) is 7.32. The minimum Gasteiger partial charge on any atom is -0.398 e. The molecule has 1 heterocycles. The molecule has 0 bridgehead atoms. The summed E-state index contributed by atoms with van der Waals surface area (Å²) in [5, 5.41) is 1.96. The van der Waals surface area contributed by atoms with E-state index in [-0.39, 0.29) is 22.0 Å². The summed E-state index contributed by atoms with van der Waals surface area (Å²) in [4.78, 5) is 23.8. The summed E-state index contributed by atoms with van der Waals surface area (Å²) < 4.78 is 0. The average molecular weight is 421 g/mol. The molecule has 2 aromatic rings. The van der Waals surface area contributed by atoms with Crippen LogP contribution in [0.2, 0.25) is 0 Å². The van der Waals surface area contributed by atoms with Crippen molar-refractivity contribution < 1.29 is 9.59 Å². The van der Waals surface area contributed by atoms with Crippen molar-refractivity contribution >= 4 is 34.7 Å². The Hall–Kier alpha value is -2.53. The van der Waals surface area contributed by atoms with Crippen LogP contribution in [0.1, 0.15) is 62.8 Å². The van der Waals surface area contributed by atoms with E-state index < -0.39 is 0 Å². The monoisotopic (exact) mass is 420 g/mol. The van der Waals surface area contributed by atoms with Gasteiger partial charge in [0, 0.05) is 11.3 Å². The molecule has 1 aliphatic carbocycles. The van der Waals surface area contributed by atoms with E-state index in [2.05, 4.69) is 52.1 Å². The molecule has 0 spiro atoms. The number of nitrogen functional groups attached to an aromatic ring is 1. The summed E-state index contributed by atoms with van der Waals surface area (Å²) in [5.74, 6) is -0.350. The Morgan fingerprint density at radius 2 is 1.60 bits per heavy atom. The number of hydrogen-bond donors (Lipinski definition) is 2. The Morgan fingerprint density at radius 3 is 2.20 bits per heavy atom. The van der Waals surface area contributed by atoms with Crippen LogP contribution in [0.15, 0.2) is 35.2 Å². The lowest BCUT2D eigenvalue weighted by molar-refractivity contribution is -0.115. The van der Waals surface area contributed by atoms with E-state index in [0.717, 1.165) is 34.9 Å². The minimum absolute atomic E-state index is 0.112. The predicted molar refractivity (Wildman–Crippen MR) is 125 cm³/mol. The molecule has 2 aliphatic rings. The third-order valence-electron chi connectivity index (χ3n) is 6.51. The van der Waals surface area contributed by atoms with Gasteiger partial charge in [0.15, 0.2) is 0 Å². The third kappa shape index (κ3) is 3.56. The van der Waals surface area contributed by atoms with Gasteiger partial charge in [0.25, 0.3) is 11.1 Å². The first kappa shape index (κ1) is 20.7. The van der Waals surface area contributed by atoms with E-state index >= 15 is 0 Å². The highest BCUT2D eigenvalue weighted by molar-refractivity contribution is 8.18.